The Balaban J connectivity index is 1.41. The lowest BCUT2D eigenvalue weighted by atomic mass is 9.74. The molecule has 2 bridgehead atoms. The van der Waals surface area contributed by atoms with E-state index in [0.717, 1.165) is 56.5 Å². The largest absolute Gasteiger partial charge is 0.359 e. The van der Waals surface area contributed by atoms with Gasteiger partial charge in [0.15, 0.2) is 0 Å². The van der Waals surface area contributed by atoms with Crippen LogP contribution in [0, 0.1) is 11.8 Å². The summed E-state index contributed by atoms with van der Waals surface area (Å²) in [5.74, 6) is -1.95. The molecule has 5 atom stereocenters. The average Bonchev–Trinajstić information content (AvgIpc) is 3.60. The smallest absolute Gasteiger partial charge is 0.246 e. The van der Waals surface area contributed by atoms with Crippen LogP contribution in [0.5, 0.6) is 0 Å². The number of rotatable bonds is 12. The molecular formula is C31H44N4O4S. The predicted octanol–water partition coefficient (Wildman–Crippen LogP) is 4.07. The Kier molecular flexibility index (Phi) is 9.22. The number of nitrogens with zero attached hydrogens (tertiary/aromatic N) is 2. The number of hydrogen-bond acceptors (Lipinski definition) is 6. The van der Waals surface area contributed by atoms with Crippen molar-refractivity contribution in [1.82, 2.24) is 15.1 Å². The van der Waals surface area contributed by atoms with E-state index in [0.29, 0.717) is 18.8 Å². The number of nitrogens with one attached hydrogen (secondary N) is 2. The van der Waals surface area contributed by atoms with E-state index in [2.05, 4.69) is 29.4 Å². The van der Waals surface area contributed by atoms with Crippen molar-refractivity contribution < 1.29 is 19.1 Å². The zero-order valence-corrected chi connectivity index (χ0v) is 24.9. The van der Waals surface area contributed by atoms with Crippen molar-refractivity contribution in [1.29, 1.82) is 0 Å². The van der Waals surface area contributed by atoms with Crippen molar-refractivity contribution in [3.63, 3.8) is 0 Å². The number of carbonyl (C=O) groups excluding carboxylic acids is 3. The van der Waals surface area contributed by atoms with Crippen LogP contribution in [-0.2, 0) is 19.1 Å². The number of anilines is 1. The minimum Gasteiger partial charge on any atom is -0.359 e. The van der Waals surface area contributed by atoms with Crippen LogP contribution in [0.1, 0.15) is 58.8 Å². The molecule has 1 aliphatic carbocycles. The van der Waals surface area contributed by atoms with Gasteiger partial charge in [0.2, 0.25) is 17.7 Å². The average molecular weight is 569 g/mol. The topological polar surface area (TPSA) is 91.0 Å². The second-order valence-electron chi connectivity index (χ2n) is 11.6. The van der Waals surface area contributed by atoms with Gasteiger partial charge in [-0.15, -0.1) is 11.8 Å². The molecule has 0 unspecified atom stereocenters. The van der Waals surface area contributed by atoms with Gasteiger partial charge in [0.05, 0.1) is 17.9 Å². The lowest BCUT2D eigenvalue weighted by molar-refractivity contribution is -0.141. The highest BCUT2D eigenvalue weighted by atomic mass is 32.2. The lowest BCUT2D eigenvalue weighted by Gasteiger charge is -2.35. The van der Waals surface area contributed by atoms with Crippen LogP contribution in [0.4, 0.5) is 5.69 Å². The molecule has 4 aliphatic rings. The Labute approximate surface area is 242 Å². The fourth-order valence-electron chi connectivity index (χ4n) is 7.18. The first kappa shape index (κ1) is 29.1. The molecule has 1 saturated carbocycles. The Morgan fingerprint density at radius 2 is 1.85 bits per heavy atom. The molecule has 3 aliphatic heterocycles. The summed E-state index contributed by atoms with van der Waals surface area (Å²) in [5.41, 5.74) is -0.425. The summed E-state index contributed by atoms with van der Waals surface area (Å²) >= 11 is 1.61. The number of thioether (sulfide) groups is 1. The van der Waals surface area contributed by atoms with Crippen molar-refractivity contribution in [3.05, 3.63) is 36.4 Å². The van der Waals surface area contributed by atoms with Crippen LogP contribution in [-0.4, -0.2) is 83.7 Å². The number of amides is 3. The molecular weight excluding hydrogens is 524 g/mol. The highest BCUT2D eigenvalue weighted by Crippen LogP contribution is 2.55. The number of carbonyl (C=O) groups is 3. The Bertz CT molecular complexity index is 1120. The van der Waals surface area contributed by atoms with E-state index in [1.807, 2.05) is 42.7 Å². The predicted molar refractivity (Wildman–Crippen MR) is 158 cm³/mol. The van der Waals surface area contributed by atoms with Crippen LogP contribution in [0.3, 0.4) is 0 Å². The van der Waals surface area contributed by atoms with E-state index < -0.39 is 29.6 Å². The summed E-state index contributed by atoms with van der Waals surface area (Å²) < 4.78 is 6.51. The van der Waals surface area contributed by atoms with Gasteiger partial charge >= 0.3 is 0 Å². The fourth-order valence-corrected chi connectivity index (χ4v) is 7.64. The van der Waals surface area contributed by atoms with Gasteiger partial charge in [-0.2, -0.15) is 0 Å². The van der Waals surface area contributed by atoms with Gasteiger partial charge in [-0.05, 0) is 63.2 Å². The quantitative estimate of drug-likeness (QED) is 0.292. The lowest BCUT2D eigenvalue weighted by Crippen LogP contribution is -2.57. The van der Waals surface area contributed by atoms with Gasteiger partial charge in [0.25, 0.3) is 0 Å². The maximum atomic E-state index is 14.2. The first-order chi connectivity index (χ1) is 19.4. The number of likely N-dealkylation sites (tertiary alicyclic amines) is 1. The molecule has 2 saturated heterocycles. The van der Waals surface area contributed by atoms with Gasteiger partial charge < -0.3 is 25.2 Å². The third-order valence-corrected chi connectivity index (χ3v) is 9.68. The molecule has 40 heavy (non-hydrogen) atoms. The van der Waals surface area contributed by atoms with Crippen molar-refractivity contribution >= 4 is 35.2 Å². The standard InChI is InChI=1S/C31H44N4O4S/c1-4-16-34(17-5-2)18-19-35-27(29(37)32-21-10-7-6-8-11-21)31-15-14-24(39-31)25(26(31)30(35)38)28(36)33-22-12-9-13-23(20-22)40-3/h9,12-15,20-21,24-27H,4-8,10-11,16-19H2,1-3H3,(H,32,37)(H,33,36)/t24-,25-,26-,27+,31-/m0/s1. The summed E-state index contributed by atoms with van der Waals surface area (Å²) in [6, 6.07) is 7.03. The Hall–Kier alpha value is -2.36. The van der Waals surface area contributed by atoms with E-state index >= 15 is 0 Å². The van der Waals surface area contributed by atoms with Gasteiger partial charge in [-0.3, -0.25) is 14.4 Å². The molecule has 8 nitrogen and oxygen atoms in total. The summed E-state index contributed by atoms with van der Waals surface area (Å²) in [6.45, 7) is 7.33. The van der Waals surface area contributed by atoms with Crippen molar-refractivity contribution in [2.24, 2.45) is 11.8 Å². The van der Waals surface area contributed by atoms with Crippen molar-refractivity contribution in [2.45, 2.75) is 87.5 Å². The molecule has 1 spiro atoms. The monoisotopic (exact) mass is 568 g/mol. The van der Waals surface area contributed by atoms with Crippen LogP contribution in [0.25, 0.3) is 0 Å². The highest BCUT2D eigenvalue weighted by molar-refractivity contribution is 7.98. The minimum absolute atomic E-state index is 0.121. The molecule has 0 aromatic heterocycles. The van der Waals surface area contributed by atoms with Crippen LogP contribution >= 0.6 is 11.8 Å². The molecule has 2 N–H and O–H groups in total. The molecule has 3 amide bonds. The zero-order chi connectivity index (χ0) is 28.3. The summed E-state index contributed by atoms with van der Waals surface area (Å²) in [5, 5.41) is 6.31. The third kappa shape index (κ3) is 5.57. The van der Waals surface area contributed by atoms with Gasteiger partial charge in [0, 0.05) is 29.7 Å². The number of hydrogen-bond donors (Lipinski definition) is 2. The number of benzene rings is 1. The third-order valence-electron chi connectivity index (χ3n) is 8.95. The molecule has 9 heteroatoms. The maximum Gasteiger partial charge on any atom is 0.246 e. The molecule has 3 heterocycles. The first-order valence-corrected chi connectivity index (χ1v) is 16.3. The number of ether oxygens (including phenoxy) is 1. The molecule has 218 valence electrons. The molecule has 5 rings (SSSR count). The van der Waals surface area contributed by atoms with E-state index in [1.54, 1.807) is 16.7 Å². The Morgan fingerprint density at radius 1 is 1.10 bits per heavy atom. The van der Waals surface area contributed by atoms with Crippen LogP contribution in [0.15, 0.2) is 41.3 Å². The summed E-state index contributed by atoms with van der Waals surface area (Å²) in [6.07, 6.45) is 12.6. The van der Waals surface area contributed by atoms with Crippen LogP contribution < -0.4 is 10.6 Å². The first-order valence-electron chi connectivity index (χ1n) is 15.1. The number of fused-ring (bicyclic) bond motifs is 1. The molecule has 1 aromatic carbocycles. The van der Waals surface area contributed by atoms with Gasteiger partial charge in [0.1, 0.15) is 11.6 Å². The normalized spacial score (nSPS) is 29.3. The minimum atomic E-state index is -1.12. The van der Waals surface area contributed by atoms with E-state index in [1.165, 1.54) is 6.42 Å². The second-order valence-corrected chi connectivity index (χ2v) is 12.5. The summed E-state index contributed by atoms with van der Waals surface area (Å²) in [7, 11) is 0. The van der Waals surface area contributed by atoms with E-state index in [4.69, 9.17) is 4.74 Å². The van der Waals surface area contributed by atoms with Crippen LogP contribution in [0.2, 0.25) is 0 Å². The highest BCUT2D eigenvalue weighted by Gasteiger charge is 2.72. The maximum absolute atomic E-state index is 14.2. The van der Waals surface area contributed by atoms with E-state index in [-0.39, 0.29) is 23.8 Å². The second kappa shape index (κ2) is 12.7. The van der Waals surface area contributed by atoms with Gasteiger partial charge in [-0.25, -0.2) is 0 Å². The molecule has 1 aromatic rings. The fraction of sp³-hybridized carbons (Fsp3) is 0.645. The van der Waals surface area contributed by atoms with Crippen molar-refractivity contribution in [3.8, 4) is 0 Å². The van der Waals surface area contributed by atoms with Crippen molar-refractivity contribution in [2.75, 3.05) is 37.8 Å². The van der Waals surface area contributed by atoms with Gasteiger partial charge in [-0.1, -0.05) is 51.3 Å². The Morgan fingerprint density at radius 3 is 2.55 bits per heavy atom. The molecule has 3 fully saturated rings. The zero-order valence-electron chi connectivity index (χ0n) is 24.1. The van der Waals surface area contributed by atoms with E-state index in [9.17, 15) is 14.4 Å². The summed E-state index contributed by atoms with van der Waals surface area (Å²) in [4.78, 5) is 47.0. The SMILES string of the molecule is CCCN(CCC)CCN1C(=O)[C@@H]2[C@@H](C(=O)Nc3cccc(SC)c3)[C@@H]3C=C[C@@]2(O3)[C@H]1C(=O)NC1CCCCC1. The molecule has 0 radical (unpaired) electrons.